The Labute approximate surface area is 126 Å². The van der Waals surface area contributed by atoms with Gasteiger partial charge in [0.1, 0.15) is 0 Å². The average molecular weight is 284 g/mol. The predicted octanol–water partition coefficient (Wildman–Crippen LogP) is 2.22. The monoisotopic (exact) mass is 284 g/mol. The maximum Gasteiger partial charge on any atom is 0.0596 e. The van der Waals surface area contributed by atoms with Crippen LogP contribution in [0, 0.1) is 6.92 Å². The molecule has 3 rings (SSSR count). The second kappa shape index (κ2) is 5.62. The molecule has 1 aliphatic rings. The zero-order valence-electron chi connectivity index (χ0n) is 12.8. The molecule has 1 fully saturated rings. The summed E-state index contributed by atoms with van der Waals surface area (Å²) < 4.78 is 1.97. The SMILES string of the molecule is Cc1cc(CC(NN)C2(c3ccccc3)CCC2)n(C)n1. The number of hydrogen-bond acceptors (Lipinski definition) is 3. The van der Waals surface area contributed by atoms with E-state index < -0.39 is 0 Å². The number of nitrogens with two attached hydrogens (primary N) is 1. The Bertz CT molecular complexity index is 599. The highest BCUT2D eigenvalue weighted by molar-refractivity contribution is 5.31. The summed E-state index contributed by atoms with van der Waals surface area (Å²) in [5, 5.41) is 4.45. The van der Waals surface area contributed by atoms with Crippen LogP contribution in [0.3, 0.4) is 0 Å². The highest BCUT2D eigenvalue weighted by atomic mass is 15.3. The van der Waals surface area contributed by atoms with Gasteiger partial charge in [-0.05, 0) is 31.4 Å². The highest BCUT2D eigenvalue weighted by Crippen LogP contribution is 2.47. The van der Waals surface area contributed by atoms with Crippen molar-refractivity contribution in [2.24, 2.45) is 12.9 Å². The Kier molecular flexibility index (Phi) is 3.83. The molecule has 0 radical (unpaired) electrons. The van der Waals surface area contributed by atoms with Gasteiger partial charge in [0.2, 0.25) is 0 Å². The lowest BCUT2D eigenvalue weighted by Gasteiger charge is -2.48. The van der Waals surface area contributed by atoms with Gasteiger partial charge in [-0.3, -0.25) is 16.0 Å². The minimum absolute atomic E-state index is 0.161. The highest BCUT2D eigenvalue weighted by Gasteiger charge is 2.45. The molecule has 3 N–H and O–H groups in total. The molecular weight excluding hydrogens is 260 g/mol. The first-order chi connectivity index (χ1) is 10.2. The smallest absolute Gasteiger partial charge is 0.0596 e. The van der Waals surface area contributed by atoms with Gasteiger partial charge >= 0.3 is 0 Å². The number of benzene rings is 1. The third-order valence-corrected chi connectivity index (χ3v) is 4.97. The number of aryl methyl sites for hydroxylation is 2. The molecule has 1 aromatic heterocycles. The first-order valence-electron chi connectivity index (χ1n) is 7.67. The fourth-order valence-electron chi connectivity index (χ4n) is 3.64. The van der Waals surface area contributed by atoms with E-state index >= 15 is 0 Å². The Morgan fingerprint density at radius 3 is 2.52 bits per heavy atom. The Hall–Kier alpha value is -1.65. The van der Waals surface area contributed by atoms with Crippen LogP contribution in [0.5, 0.6) is 0 Å². The largest absolute Gasteiger partial charge is 0.272 e. The summed E-state index contributed by atoms with van der Waals surface area (Å²) in [6, 6.07) is 13.2. The van der Waals surface area contributed by atoms with Crippen molar-refractivity contribution < 1.29 is 0 Å². The van der Waals surface area contributed by atoms with Gasteiger partial charge in [0, 0.05) is 30.6 Å². The molecule has 0 bridgehead atoms. The summed E-state index contributed by atoms with van der Waals surface area (Å²) in [6.07, 6.45) is 4.58. The molecule has 0 aliphatic heterocycles. The van der Waals surface area contributed by atoms with E-state index in [4.69, 9.17) is 5.84 Å². The lowest BCUT2D eigenvalue weighted by molar-refractivity contribution is 0.167. The third-order valence-electron chi connectivity index (χ3n) is 4.97. The minimum atomic E-state index is 0.161. The molecule has 4 heteroatoms. The van der Waals surface area contributed by atoms with E-state index in [1.165, 1.54) is 30.5 Å². The molecule has 1 aromatic carbocycles. The van der Waals surface area contributed by atoms with Gasteiger partial charge in [-0.15, -0.1) is 0 Å². The number of aromatic nitrogens is 2. The lowest BCUT2D eigenvalue weighted by Crippen LogP contribution is -2.56. The van der Waals surface area contributed by atoms with Crippen molar-refractivity contribution in [1.29, 1.82) is 0 Å². The molecule has 1 aliphatic carbocycles. The lowest BCUT2D eigenvalue weighted by atomic mass is 9.59. The second-order valence-corrected chi connectivity index (χ2v) is 6.20. The molecule has 0 spiro atoms. The molecule has 112 valence electrons. The van der Waals surface area contributed by atoms with Crippen molar-refractivity contribution in [3.8, 4) is 0 Å². The van der Waals surface area contributed by atoms with Crippen LogP contribution < -0.4 is 11.3 Å². The molecule has 1 saturated carbocycles. The number of rotatable bonds is 5. The summed E-state index contributed by atoms with van der Waals surface area (Å²) in [5.74, 6) is 5.93. The zero-order chi connectivity index (χ0) is 14.9. The minimum Gasteiger partial charge on any atom is -0.272 e. The standard InChI is InChI=1S/C17H24N4/c1-13-11-15(21(2)20-13)12-16(19-18)17(9-6-10-17)14-7-4-3-5-8-14/h3-5,7-8,11,16,19H,6,9-10,12,18H2,1-2H3. The van der Waals surface area contributed by atoms with E-state index in [1.807, 2.05) is 18.7 Å². The van der Waals surface area contributed by atoms with Gasteiger partial charge in [-0.25, -0.2) is 0 Å². The molecule has 2 aromatic rings. The van der Waals surface area contributed by atoms with Crippen molar-refractivity contribution >= 4 is 0 Å². The molecular formula is C17H24N4. The van der Waals surface area contributed by atoms with Crippen molar-refractivity contribution in [3.63, 3.8) is 0 Å². The summed E-state index contributed by atoms with van der Waals surface area (Å²) in [6.45, 7) is 2.03. The third kappa shape index (κ3) is 2.49. The van der Waals surface area contributed by atoms with Gasteiger partial charge < -0.3 is 0 Å². The van der Waals surface area contributed by atoms with E-state index in [0.29, 0.717) is 0 Å². The Balaban J connectivity index is 1.89. The first kappa shape index (κ1) is 14.3. The molecule has 0 amide bonds. The molecule has 1 unspecified atom stereocenters. The van der Waals surface area contributed by atoms with Gasteiger partial charge in [-0.1, -0.05) is 36.8 Å². The van der Waals surface area contributed by atoms with Crippen molar-refractivity contribution in [1.82, 2.24) is 15.2 Å². The van der Waals surface area contributed by atoms with Crippen LogP contribution >= 0.6 is 0 Å². The fraction of sp³-hybridized carbons (Fsp3) is 0.471. The van der Waals surface area contributed by atoms with Crippen LogP contribution in [0.15, 0.2) is 36.4 Å². The van der Waals surface area contributed by atoms with Gasteiger partial charge in [0.05, 0.1) is 5.69 Å². The molecule has 4 nitrogen and oxygen atoms in total. The van der Waals surface area contributed by atoms with Gasteiger partial charge in [0.25, 0.3) is 0 Å². The fourth-order valence-corrected chi connectivity index (χ4v) is 3.64. The molecule has 0 saturated heterocycles. The molecule has 1 heterocycles. The summed E-state index contributed by atoms with van der Waals surface area (Å²) >= 11 is 0. The Morgan fingerprint density at radius 1 is 1.33 bits per heavy atom. The topological polar surface area (TPSA) is 55.9 Å². The molecule has 21 heavy (non-hydrogen) atoms. The maximum absolute atomic E-state index is 5.93. The number of nitrogens with zero attached hydrogens (tertiary/aromatic N) is 2. The number of hydrazine groups is 1. The summed E-state index contributed by atoms with van der Waals surface area (Å²) in [5.41, 5.74) is 6.94. The van der Waals surface area contributed by atoms with Crippen LogP contribution in [0.2, 0.25) is 0 Å². The van der Waals surface area contributed by atoms with E-state index in [2.05, 4.69) is 46.9 Å². The van der Waals surface area contributed by atoms with Crippen LogP contribution in [0.1, 0.15) is 36.2 Å². The zero-order valence-corrected chi connectivity index (χ0v) is 12.8. The van der Waals surface area contributed by atoms with Crippen molar-refractivity contribution in [2.75, 3.05) is 0 Å². The normalized spacial score (nSPS) is 18.2. The van der Waals surface area contributed by atoms with E-state index in [-0.39, 0.29) is 11.5 Å². The number of hydrogen-bond donors (Lipinski definition) is 2. The second-order valence-electron chi connectivity index (χ2n) is 6.20. The van der Waals surface area contributed by atoms with Crippen LogP contribution in [-0.4, -0.2) is 15.8 Å². The van der Waals surface area contributed by atoms with Crippen molar-refractivity contribution in [2.45, 2.75) is 44.1 Å². The van der Waals surface area contributed by atoms with Gasteiger partial charge in [-0.2, -0.15) is 5.10 Å². The van der Waals surface area contributed by atoms with E-state index in [0.717, 1.165) is 12.1 Å². The number of nitrogens with one attached hydrogen (secondary N) is 1. The van der Waals surface area contributed by atoms with Crippen LogP contribution in [0.25, 0.3) is 0 Å². The Morgan fingerprint density at radius 2 is 2.05 bits per heavy atom. The van der Waals surface area contributed by atoms with Crippen LogP contribution in [0.4, 0.5) is 0 Å². The average Bonchev–Trinajstić information content (AvgIpc) is 2.76. The van der Waals surface area contributed by atoms with Crippen LogP contribution in [-0.2, 0) is 18.9 Å². The summed E-state index contributed by atoms with van der Waals surface area (Å²) in [7, 11) is 2.01. The summed E-state index contributed by atoms with van der Waals surface area (Å²) in [4.78, 5) is 0. The maximum atomic E-state index is 5.93. The first-order valence-corrected chi connectivity index (χ1v) is 7.67. The predicted molar refractivity (Wildman–Crippen MR) is 84.7 cm³/mol. The van der Waals surface area contributed by atoms with E-state index in [9.17, 15) is 0 Å². The quantitative estimate of drug-likeness (QED) is 0.654. The van der Waals surface area contributed by atoms with E-state index in [1.54, 1.807) is 0 Å². The molecule has 1 atom stereocenters. The van der Waals surface area contributed by atoms with Crippen molar-refractivity contribution in [3.05, 3.63) is 53.3 Å². The van der Waals surface area contributed by atoms with Gasteiger partial charge in [0.15, 0.2) is 0 Å².